The summed E-state index contributed by atoms with van der Waals surface area (Å²) in [6, 6.07) is 22.9. The average molecular weight is 513 g/mol. The predicted octanol–water partition coefficient (Wildman–Crippen LogP) is 4.82. The number of ether oxygens (including phenoxy) is 2. The zero-order valence-electron chi connectivity index (χ0n) is 21.7. The van der Waals surface area contributed by atoms with Crippen LogP contribution in [0.2, 0.25) is 0 Å². The van der Waals surface area contributed by atoms with Crippen molar-refractivity contribution < 1.29 is 19.1 Å². The van der Waals surface area contributed by atoms with Gasteiger partial charge in [-0.25, -0.2) is 4.79 Å². The molecule has 3 aromatic rings. The largest absolute Gasteiger partial charge is 0.490 e. The number of piperazine rings is 1. The van der Waals surface area contributed by atoms with Crippen molar-refractivity contribution in [2.45, 2.75) is 32.0 Å². The minimum atomic E-state index is -0.934. The molecule has 2 saturated heterocycles. The van der Waals surface area contributed by atoms with Gasteiger partial charge < -0.3 is 24.6 Å². The first-order chi connectivity index (χ1) is 18.5. The number of para-hydroxylation sites is 2. The molecule has 0 spiro atoms. The summed E-state index contributed by atoms with van der Waals surface area (Å²) in [4.78, 5) is 32.7. The quantitative estimate of drug-likeness (QED) is 0.531. The topological polar surface area (TPSA) is 74.3 Å². The highest BCUT2D eigenvalue weighted by atomic mass is 16.5. The van der Waals surface area contributed by atoms with Gasteiger partial charge in [-0.15, -0.1) is 0 Å². The third-order valence-electron chi connectivity index (χ3n) is 7.60. The molecule has 0 aliphatic carbocycles. The number of hydrogen-bond donors (Lipinski definition) is 1. The number of urea groups is 1. The Kier molecular flexibility index (Phi) is 6.10. The summed E-state index contributed by atoms with van der Waals surface area (Å²) in [5, 5.41) is 3.13. The molecule has 196 valence electrons. The maximum absolute atomic E-state index is 13.5. The molecule has 3 aliphatic heterocycles. The summed E-state index contributed by atoms with van der Waals surface area (Å²) in [6.07, 6.45) is 0.570. The molecule has 2 unspecified atom stereocenters. The Bertz CT molecular complexity index is 1360. The predicted molar refractivity (Wildman–Crippen MR) is 146 cm³/mol. The van der Waals surface area contributed by atoms with E-state index >= 15 is 0 Å². The molecular formula is C30H32N4O4. The summed E-state index contributed by atoms with van der Waals surface area (Å²) < 4.78 is 12.3. The van der Waals surface area contributed by atoms with Gasteiger partial charge in [0.25, 0.3) is 5.91 Å². The van der Waals surface area contributed by atoms with E-state index in [0.29, 0.717) is 48.9 Å². The first kappa shape index (κ1) is 24.2. The van der Waals surface area contributed by atoms with E-state index in [4.69, 9.17) is 9.47 Å². The zero-order valence-corrected chi connectivity index (χ0v) is 21.7. The van der Waals surface area contributed by atoms with Crippen molar-refractivity contribution in [3.05, 3.63) is 83.9 Å². The summed E-state index contributed by atoms with van der Waals surface area (Å²) in [5.41, 5.74) is 2.33. The van der Waals surface area contributed by atoms with Crippen LogP contribution in [0.4, 0.5) is 16.2 Å². The lowest BCUT2D eigenvalue weighted by Gasteiger charge is -2.50. The third-order valence-corrected chi connectivity index (χ3v) is 7.60. The third kappa shape index (κ3) is 4.20. The summed E-state index contributed by atoms with van der Waals surface area (Å²) in [6.45, 7) is 7.20. The van der Waals surface area contributed by atoms with E-state index in [1.807, 2.05) is 73.3 Å². The Hall–Kier alpha value is -4.20. The van der Waals surface area contributed by atoms with Crippen molar-refractivity contribution in [3.8, 4) is 11.5 Å². The molecule has 0 saturated carbocycles. The van der Waals surface area contributed by atoms with E-state index in [-0.39, 0.29) is 18.0 Å². The molecule has 2 bridgehead atoms. The van der Waals surface area contributed by atoms with Crippen molar-refractivity contribution in [2.75, 3.05) is 42.6 Å². The van der Waals surface area contributed by atoms with Gasteiger partial charge in [0.1, 0.15) is 0 Å². The van der Waals surface area contributed by atoms with E-state index in [1.54, 1.807) is 11.0 Å². The number of benzene rings is 3. The van der Waals surface area contributed by atoms with E-state index in [9.17, 15) is 9.59 Å². The van der Waals surface area contributed by atoms with E-state index < -0.39 is 5.72 Å². The second kappa shape index (κ2) is 9.59. The number of fused-ring (bicyclic) bond motifs is 4. The summed E-state index contributed by atoms with van der Waals surface area (Å²) in [7, 11) is 0. The fourth-order valence-corrected chi connectivity index (χ4v) is 5.79. The highest BCUT2D eigenvalue weighted by Gasteiger charge is 2.50. The average Bonchev–Trinajstić information content (AvgIpc) is 2.93. The number of carbonyl (C=O) groups is 2. The van der Waals surface area contributed by atoms with Crippen molar-refractivity contribution in [2.24, 2.45) is 0 Å². The van der Waals surface area contributed by atoms with Crippen LogP contribution in [0.15, 0.2) is 72.8 Å². The highest BCUT2D eigenvalue weighted by molar-refractivity contribution is 5.99. The van der Waals surface area contributed by atoms with Crippen molar-refractivity contribution in [3.63, 3.8) is 0 Å². The molecule has 38 heavy (non-hydrogen) atoms. The Morgan fingerprint density at radius 1 is 1.00 bits per heavy atom. The molecular weight excluding hydrogens is 480 g/mol. The summed E-state index contributed by atoms with van der Waals surface area (Å²) in [5.74, 6) is 1.28. The molecule has 3 aliphatic rings. The van der Waals surface area contributed by atoms with Gasteiger partial charge in [-0.2, -0.15) is 0 Å². The Morgan fingerprint density at radius 2 is 1.74 bits per heavy atom. The zero-order chi connectivity index (χ0) is 26.3. The standard InChI is InChI=1S/C30H32N4O4/c1-3-37-26-14-8-13-24-25-20-30(2,38-27(24)26)34(29(36)31-25)23-12-7-9-21(19-23)28(35)33-17-15-32(16-18-33)22-10-5-4-6-11-22/h4-14,19,25H,3,15-18,20H2,1-2H3,(H,31,36). The molecule has 3 aromatic carbocycles. The number of nitrogens with one attached hydrogen (secondary N) is 1. The van der Waals surface area contributed by atoms with Crippen molar-refractivity contribution in [1.82, 2.24) is 10.2 Å². The maximum atomic E-state index is 13.5. The Labute approximate surface area is 222 Å². The fourth-order valence-electron chi connectivity index (χ4n) is 5.79. The molecule has 0 radical (unpaired) electrons. The van der Waals surface area contributed by atoms with E-state index in [2.05, 4.69) is 22.3 Å². The van der Waals surface area contributed by atoms with Crippen LogP contribution < -0.4 is 24.6 Å². The molecule has 6 rings (SSSR count). The lowest BCUT2D eigenvalue weighted by Crippen LogP contribution is -2.65. The van der Waals surface area contributed by atoms with Gasteiger partial charge in [0.2, 0.25) is 0 Å². The molecule has 1 N–H and O–H groups in total. The van der Waals surface area contributed by atoms with Gasteiger partial charge in [-0.05, 0) is 50.2 Å². The Morgan fingerprint density at radius 3 is 2.50 bits per heavy atom. The van der Waals surface area contributed by atoms with Gasteiger partial charge >= 0.3 is 6.03 Å². The van der Waals surface area contributed by atoms with Gasteiger partial charge in [-0.3, -0.25) is 9.69 Å². The van der Waals surface area contributed by atoms with Crippen LogP contribution in [0, 0.1) is 0 Å². The minimum absolute atomic E-state index is 0.0338. The van der Waals surface area contributed by atoms with E-state index in [1.165, 1.54) is 5.69 Å². The summed E-state index contributed by atoms with van der Waals surface area (Å²) >= 11 is 0. The number of carbonyl (C=O) groups excluding carboxylic acids is 2. The Balaban J connectivity index is 1.23. The monoisotopic (exact) mass is 512 g/mol. The van der Waals surface area contributed by atoms with Crippen LogP contribution in [0.25, 0.3) is 0 Å². The second-order valence-electron chi connectivity index (χ2n) is 10.1. The molecule has 2 fully saturated rings. The van der Waals surface area contributed by atoms with Crippen molar-refractivity contribution in [1.29, 1.82) is 0 Å². The number of amides is 3. The first-order valence-electron chi connectivity index (χ1n) is 13.2. The smallest absolute Gasteiger partial charge is 0.325 e. The molecule has 3 heterocycles. The van der Waals surface area contributed by atoms with Crippen LogP contribution in [0.1, 0.15) is 42.2 Å². The second-order valence-corrected chi connectivity index (χ2v) is 10.1. The molecule has 0 aromatic heterocycles. The number of nitrogens with zero attached hydrogens (tertiary/aromatic N) is 3. The normalized spacial score (nSPS) is 22.3. The maximum Gasteiger partial charge on any atom is 0.325 e. The molecule has 2 atom stereocenters. The fraction of sp³-hybridized carbons (Fsp3) is 0.333. The van der Waals surface area contributed by atoms with Crippen LogP contribution >= 0.6 is 0 Å². The van der Waals surface area contributed by atoms with Crippen LogP contribution in [-0.4, -0.2) is 55.3 Å². The number of rotatable bonds is 5. The van der Waals surface area contributed by atoms with Gasteiger partial charge in [0.05, 0.1) is 18.3 Å². The van der Waals surface area contributed by atoms with Crippen molar-refractivity contribution >= 4 is 23.3 Å². The first-order valence-corrected chi connectivity index (χ1v) is 13.2. The molecule has 8 heteroatoms. The number of hydrogen-bond acceptors (Lipinski definition) is 5. The van der Waals surface area contributed by atoms with Gasteiger partial charge in [-0.1, -0.05) is 36.4 Å². The van der Waals surface area contributed by atoms with Crippen LogP contribution in [0.5, 0.6) is 11.5 Å². The minimum Gasteiger partial charge on any atom is -0.490 e. The van der Waals surface area contributed by atoms with Crippen LogP contribution in [0.3, 0.4) is 0 Å². The number of anilines is 2. The van der Waals surface area contributed by atoms with Gasteiger partial charge in [0.15, 0.2) is 17.2 Å². The van der Waals surface area contributed by atoms with E-state index in [0.717, 1.165) is 18.7 Å². The van der Waals surface area contributed by atoms with Gasteiger partial charge in [0, 0.05) is 49.4 Å². The van der Waals surface area contributed by atoms with Crippen LogP contribution in [-0.2, 0) is 0 Å². The molecule has 3 amide bonds. The molecule has 8 nitrogen and oxygen atoms in total. The lowest BCUT2D eigenvalue weighted by atomic mass is 9.89. The SMILES string of the molecule is CCOc1cccc2c1OC1(C)CC2NC(=O)N1c1cccc(C(=O)N2CCN(c3ccccc3)CC2)c1. The highest BCUT2D eigenvalue weighted by Crippen LogP contribution is 2.49. The lowest BCUT2D eigenvalue weighted by molar-refractivity contribution is 0.0343.